The molecule has 2 unspecified atom stereocenters. The lowest BCUT2D eigenvalue weighted by molar-refractivity contribution is 0.215. The van der Waals surface area contributed by atoms with E-state index in [1.807, 2.05) is 13.1 Å². The van der Waals surface area contributed by atoms with Crippen molar-refractivity contribution in [3.8, 4) is 0 Å². The van der Waals surface area contributed by atoms with Crippen LogP contribution in [0.5, 0.6) is 0 Å². The van der Waals surface area contributed by atoms with E-state index < -0.39 is 0 Å². The van der Waals surface area contributed by atoms with Crippen molar-refractivity contribution < 1.29 is 4.42 Å². The van der Waals surface area contributed by atoms with Gasteiger partial charge in [0, 0.05) is 26.7 Å². The van der Waals surface area contributed by atoms with Crippen LogP contribution in [0.15, 0.2) is 27.8 Å². The number of rotatable bonds is 7. The van der Waals surface area contributed by atoms with Crippen molar-refractivity contribution >= 4 is 5.96 Å². The first-order chi connectivity index (χ1) is 12.3. The number of likely N-dealkylation sites (tertiary alicyclic amines) is 2. The molecule has 1 aromatic heterocycles. The van der Waals surface area contributed by atoms with Crippen molar-refractivity contribution in [2.24, 2.45) is 10.9 Å². The Morgan fingerprint density at radius 2 is 2.16 bits per heavy atom. The summed E-state index contributed by atoms with van der Waals surface area (Å²) in [6.07, 6.45) is 5.60. The minimum atomic E-state index is 0.276. The van der Waals surface area contributed by atoms with Gasteiger partial charge < -0.3 is 20.0 Å². The van der Waals surface area contributed by atoms with Gasteiger partial charge in [0.1, 0.15) is 5.76 Å². The molecule has 0 spiro atoms. The zero-order chi connectivity index (χ0) is 17.5. The molecule has 0 amide bonds. The quantitative estimate of drug-likeness (QED) is 0.583. The molecule has 140 valence electrons. The van der Waals surface area contributed by atoms with Crippen LogP contribution in [-0.4, -0.2) is 68.6 Å². The molecule has 25 heavy (non-hydrogen) atoms. The Morgan fingerprint density at radius 3 is 2.80 bits per heavy atom. The largest absolute Gasteiger partial charge is 0.468 e. The van der Waals surface area contributed by atoms with Crippen molar-refractivity contribution in [3.63, 3.8) is 0 Å². The average molecular weight is 348 g/mol. The first-order valence-electron chi connectivity index (χ1n) is 9.74. The monoisotopic (exact) mass is 347 g/mol. The average Bonchev–Trinajstić information content (AvgIpc) is 3.40. The highest BCUT2D eigenvalue weighted by molar-refractivity contribution is 5.79. The first kappa shape index (κ1) is 18.3. The van der Waals surface area contributed by atoms with E-state index in [0.29, 0.717) is 0 Å². The second-order valence-corrected chi connectivity index (χ2v) is 7.16. The summed E-state index contributed by atoms with van der Waals surface area (Å²) in [5, 5.41) is 7.02. The van der Waals surface area contributed by atoms with E-state index in [-0.39, 0.29) is 6.04 Å². The maximum Gasteiger partial charge on any atom is 0.191 e. The molecule has 6 heteroatoms. The van der Waals surface area contributed by atoms with Gasteiger partial charge in [0.05, 0.1) is 12.3 Å². The number of hydrogen-bond acceptors (Lipinski definition) is 4. The second kappa shape index (κ2) is 9.25. The van der Waals surface area contributed by atoms with Crippen LogP contribution in [0.1, 0.15) is 38.0 Å². The Balaban J connectivity index is 1.48. The molecule has 3 rings (SSSR count). The fourth-order valence-electron chi connectivity index (χ4n) is 3.97. The maximum absolute atomic E-state index is 5.69. The van der Waals surface area contributed by atoms with E-state index in [1.165, 1.54) is 32.4 Å². The Labute approximate surface area is 151 Å². The summed E-state index contributed by atoms with van der Waals surface area (Å²) in [7, 11) is 1.85. The fraction of sp³-hybridized carbons (Fsp3) is 0.737. The lowest BCUT2D eigenvalue weighted by Crippen LogP contribution is -2.44. The molecular formula is C19H33N5O. The molecular weight excluding hydrogens is 314 g/mol. The Bertz CT molecular complexity index is 524. The molecule has 6 nitrogen and oxygen atoms in total. The summed E-state index contributed by atoms with van der Waals surface area (Å²) in [4.78, 5) is 9.43. The number of nitrogens with zero attached hydrogens (tertiary/aromatic N) is 3. The van der Waals surface area contributed by atoms with Gasteiger partial charge in [-0.1, -0.05) is 6.92 Å². The summed E-state index contributed by atoms with van der Waals surface area (Å²) in [6.45, 7) is 9.92. The van der Waals surface area contributed by atoms with Crippen LogP contribution in [0.2, 0.25) is 0 Å². The molecule has 2 atom stereocenters. The van der Waals surface area contributed by atoms with Gasteiger partial charge in [-0.05, 0) is 63.5 Å². The summed E-state index contributed by atoms with van der Waals surface area (Å²) in [5.41, 5.74) is 0. The molecule has 0 radical (unpaired) electrons. The Kier molecular flexibility index (Phi) is 6.76. The molecule has 0 aromatic carbocycles. The SMILES string of the molecule is CCN1CCC(CNC(=NC)NCC(c2ccco2)N2CCCC2)C1. The summed E-state index contributed by atoms with van der Waals surface area (Å²) in [6, 6.07) is 4.34. The fourth-order valence-corrected chi connectivity index (χ4v) is 3.97. The highest BCUT2D eigenvalue weighted by atomic mass is 16.3. The minimum absolute atomic E-state index is 0.276. The van der Waals surface area contributed by atoms with Gasteiger partial charge in [0.25, 0.3) is 0 Å². The molecule has 0 bridgehead atoms. The van der Waals surface area contributed by atoms with E-state index in [0.717, 1.165) is 50.4 Å². The molecule has 0 aliphatic carbocycles. The topological polar surface area (TPSA) is 56.0 Å². The predicted octanol–water partition coefficient (Wildman–Crippen LogP) is 1.92. The van der Waals surface area contributed by atoms with Crippen LogP contribution in [0.25, 0.3) is 0 Å². The number of hydrogen-bond donors (Lipinski definition) is 2. The molecule has 2 fully saturated rings. The van der Waals surface area contributed by atoms with Gasteiger partial charge in [0.2, 0.25) is 0 Å². The zero-order valence-electron chi connectivity index (χ0n) is 15.7. The molecule has 1 aromatic rings. The number of furan rings is 1. The minimum Gasteiger partial charge on any atom is -0.468 e. The van der Waals surface area contributed by atoms with Gasteiger partial charge in [-0.15, -0.1) is 0 Å². The lowest BCUT2D eigenvalue weighted by atomic mass is 10.1. The third-order valence-electron chi connectivity index (χ3n) is 5.51. The van der Waals surface area contributed by atoms with Crippen molar-refractivity contribution in [3.05, 3.63) is 24.2 Å². The molecule has 0 saturated carbocycles. The van der Waals surface area contributed by atoms with Crippen molar-refractivity contribution in [2.75, 3.05) is 52.9 Å². The van der Waals surface area contributed by atoms with Crippen LogP contribution in [0.4, 0.5) is 0 Å². The molecule has 2 N–H and O–H groups in total. The highest BCUT2D eigenvalue weighted by Gasteiger charge is 2.26. The van der Waals surface area contributed by atoms with Crippen LogP contribution < -0.4 is 10.6 Å². The van der Waals surface area contributed by atoms with E-state index >= 15 is 0 Å². The maximum atomic E-state index is 5.69. The van der Waals surface area contributed by atoms with E-state index in [4.69, 9.17) is 4.42 Å². The van der Waals surface area contributed by atoms with Crippen molar-refractivity contribution in [1.82, 2.24) is 20.4 Å². The highest BCUT2D eigenvalue weighted by Crippen LogP contribution is 2.24. The molecule has 2 aliphatic rings. The van der Waals surface area contributed by atoms with E-state index in [2.05, 4.69) is 38.4 Å². The number of nitrogens with one attached hydrogen (secondary N) is 2. The van der Waals surface area contributed by atoms with Crippen LogP contribution in [-0.2, 0) is 0 Å². The molecule has 2 aliphatic heterocycles. The zero-order valence-corrected chi connectivity index (χ0v) is 15.7. The van der Waals surface area contributed by atoms with Crippen LogP contribution in [0.3, 0.4) is 0 Å². The van der Waals surface area contributed by atoms with E-state index in [1.54, 1.807) is 6.26 Å². The van der Waals surface area contributed by atoms with Gasteiger partial charge in [-0.2, -0.15) is 0 Å². The van der Waals surface area contributed by atoms with Crippen LogP contribution >= 0.6 is 0 Å². The van der Waals surface area contributed by atoms with E-state index in [9.17, 15) is 0 Å². The smallest absolute Gasteiger partial charge is 0.191 e. The summed E-state index contributed by atoms with van der Waals surface area (Å²) in [5.74, 6) is 2.66. The first-order valence-corrected chi connectivity index (χ1v) is 9.74. The van der Waals surface area contributed by atoms with Gasteiger partial charge in [0.15, 0.2) is 5.96 Å². The van der Waals surface area contributed by atoms with Gasteiger partial charge >= 0.3 is 0 Å². The van der Waals surface area contributed by atoms with Crippen molar-refractivity contribution in [2.45, 2.75) is 32.2 Å². The number of guanidine groups is 1. The third-order valence-corrected chi connectivity index (χ3v) is 5.51. The second-order valence-electron chi connectivity index (χ2n) is 7.16. The lowest BCUT2D eigenvalue weighted by Gasteiger charge is -2.27. The van der Waals surface area contributed by atoms with Gasteiger partial charge in [-0.25, -0.2) is 0 Å². The standard InChI is InChI=1S/C19H33N5O/c1-3-23-11-8-16(15-23)13-21-19(20-2)22-14-17(18-7-6-12-25-18)24-9-4-5-10-24/h6-7,12,16-17H,3-5,8-11,13-15H2,1-2H3,(H2,20,21,22). The third kappa shape index (κ3) is 4.98. The van der Waals surface area contributed by atoms with Gasteiger partial charge in [-0.3, -0.25) is 9.89 Å². The summed E-state index contributed by atoms with van der Waals surface area (Å²) < 4.78 is 5.69. The Morgan fingerprint density at radius 1 is 1.32 bits per heavy atom. The normalized spacial score (nSPS) is 23.9. The summed E-state index contributed by atoms with van der Waals surface area (Å²) >= 11 is 0. The Hall–Kier alpha value is -1.53. The molecule has 2 saturated heterocycles. The predicted molar refractivity (Wildman–Crippen MR) is 102 cm³/mol. The van der Waals surface area contributed by atoms with Crippen molar-refractivity contribution in [1.29, 1.82) is 0 Å². The number of aliphatic imine (C=N–C) groups is 1. The van der Waals surface area contributed by atoms with Crippen LogP contribution in [0, 0.1) is 5.92 Å². The molecule has 3 heterocycles.